The molecule has 0 atom stereocenters. The van der Waals surface area contributed by atoms with Crippen molar-refractivity contribution in [3.63, 3.8) is 0 Å². The number of sulfonamides is 1. The predicted molar refractivity (Wildman–Crippen MR) is 125 cm³/mol. The number of anilines is 1. The average molecular weight is 503 g/mol. The van der Waals surface area contributed by atoms with Crippen LogP contribution in [0.4, 0.5) is 10.1 Å². The van der Waals surface area contributed by atoms with Crippen molar-refractivity contribution in [2.45, 2.75) is 17.9 Å². The zero-order valence-electron chi connectivity index (χ0n) is 17.8. The first-order valence-corrected chi connectivity index (χ1v) is 12.2. The summed E-state index contributed by atoms with van der Waals surface area (Å²) in [6, 6.07) is 16.8. The molecule has 0 saturated heterocycles. The van der Waals surface area contributed by atoms with Gasteiger partial charge in [-0.05, 0) is 53.9 Å². The highest BCUT2D eigenvalue weighted by molar-refractivity contribution is 7.89. The van der Waals surface area contributed by atoms with Gasteiger partial charge in [-0.15, -0.1) is 0 Å². The molecule has 7 nitrogen and oxygen atoms in total. The molecular formula is C24H20ClFN2O5S. The van der Waals surface area contributed by atoms with E-state index in [1.165, 1.54) is 12.1 Å². The zero-order chi connectivity index (χ0) is 24.3. The van der Waals surface area contributed by atoms with Crippen LogP contribution < -0.4 is 9.62 Å². The minimum absolute atomic E-state index is 0.0560. The second-order valence-electron chi connectivity index (χ2n) is 7.60. The standard InChI is InChI=1S/C24H20ClFN2O5S/c25-20-13-19(9-10-21(20)26)34(31,32)27-14-16-5-7-18(8-6-16)24(30)33-15-23(29)28-12-11-17-3-1-2-4-22(17)28/h1-10,13,27H,11-12,14-15H2. The van der Waals surface area contributed by atoms with Gasteiger partial charge < -0.3 is 9.64 Å². The van der Waals surface area contributed by atoms with Crippen molar-refractivity contribution >= 4 is 39.2 Å². The molecule has 176 valence electrons. The van der Waals surface area contributed by atoms with Crippen molar-refractivity contribution in [3.05, 3.63) is 94.3 Å². The Morgan fingerprint density at radius 3 is 2.53 bits per heavy atom. The fraction of sp³-hybridized carbons (Fsp3) is 0.167. The predicted octanol–water partition coefficient (Wildman–Crippen LogP) is 3.70. The van der Waals surface area contributed by atoms with E-state index < -0.39 is 21.8 Å². The van der Waals surface area contributed by atoms with Gasteiger partial charge in [0.25, 0.3) is 5.91 Å². The second-order valence-corrected chi connectivity index (χ2v) is 9.77. The molecule has 34 heavy (non-hydrogen) atoms. The molecule has 4 rings (SSSR count). The topological polar surface area (TPSA) is 92.8 Å². The third-order valence-electron chi connectivity index (χ3n) is 5.37. The van der Waals surface area contributed by atoms with Gasteiger partial charge in [0, 0.05) is 18.8 Å². The van der Waals surface area contributed by atoms with Gasteiger partial charge in [-0.2, -0.15) is 0 Å². The SMILES string of the molecule is O=C(OCC(=O)N1CCc2ccccc21)c1ccc(CNS(=O)(=O)c2ccc(F)c(Cl)c2)cc1. The number of halogens is 2. The van der Waals surface area contributed by atoms with Crippen LogP contribution in [0.3, 0.4) is 0 Å². The van der Waals surface area contributed by atoms with Crippen LogP contribution in [0.15, 0.2) is 71.6 Å². The summed E-state index contributed by atoms with van der Waals surface area (Å²) in [4.78, 5) is 26.3. The maximum Gasteiger partial charge on any atom is 0.338 e. The summed E-state index contributed by atoms with van der Waals surface area (Å²) >= 11 is 5.65. The molecule has 1 aliphatic rings. The molecule has 0 spiro atoms. The largest absolute Gasteiger partial charge is 0.452 e. The van der Waals surface area contributed by atoms with Crippen molar-refractivity contribution in [1.82, 2.24) is 4.72 Å². The van der Waals surface area contributed by atoms with Crippen LogP contribution >= 0.6 is 11.6 Å². The Morgan fingerprint density at radius 1 is 1.06 bits per heavy atom. The van der Waals surface area contributed by atoms with E-state index in [1.54, 1.807) is 17.0 Å². The van der Waals surface area contributed by atoms with E-state index in [2.05, 4.69) is 4.72 Å². The number of carbonyl (C=O) groups excluding carboxylic acids is 2. The molecule has 1 heterocycles. The van der Waals surface area contributed by atoms with E-state index in [4.69, 9.17) is 16.3 Å². The van der Waals surface area contributed by atoms with Crippen LogP contribution in [0, 0.1) is 5.82 Å². The third-order valence-corrected chi connectivity index (χ3v) is 7.06. The number of fused-ring (bicyclic) bond motifs is 1. The number of rotatable bonds is 7. The number of para-hydroxylation sites is 1. The van der Waals surface area contributed by atoms with Gasteiger partial charge in [0.05, 0.1) is 15.5 Å². The molecule has 0 radical (unpaired) electrons. The molecule has 0 aromatic heterocycles. The zero-order valence-corrected chi connectivity index (χ0v) is 19.4. The first kappa shape index (κ1) is 23.9. The Bertz CT molecular complexity index is 1350. The molecule has 1 N–H and O–H groups in total. The van der Waals surface area contributed by atoms with Crippen molar-refractivity contribution in [2.75, 3.05) is 18.1 Å². The van der Waals surface area contributed by atoms with Crippen molar-refractivity contribution in [1.29, 1.82) is 0 Å². The third kappa shape index (κ3) is 5.27. The quantitative estimate of drug-likeness (QED) is 0.497. The van der Waals surface area contributed by atoms with Gasteiger partial charge >= 0.3 is 5.97 Å². The van der Waals surface area contributed by atoms with E-state index in [-0.39, 0.29) is 34.5 Å². The lowest BCUT2D eigenvalue weighted by Crippen LogP contribution is -2.33. The normalized spacial score (nSPS) is 12.9. The van der Waals surface area contributed by atoms with E-state index >= 15 is 0 Å². The Labute approximate surface area is 201 Å². The minimum atomic E-state index is -3.91. The van der Waals surface area contributed by atoms with Crippen molar-refractivity contribution in [3.8, 4) is 0 Å². The minimum Gasteiger partial charge on any atom is -0.452 e. The molecular weight excluding hydrogens is 483 g/mol. The molecule has 3 aromatic rings. The number of ether oxygens (including phenoxy) is 1. The van der Waals surface area contributed by atoms with E-state index in [0.29, 0.717) is 12.1 Å². The smallest absolute Gasteiger partial charge is 0.338 e. The molecule has 3 aromatic carbocycles. The lowest BCUT2D eigenvalue weighted by Gasteiger charge is -2.17. The first-order valence-electron chi connectivity index (χ1n) is 10.3. The van der Waals surface area contributed by atoms with Gasteiger partial charge in [0.15, 0.2) is 6.61 Å². The van der Waals surface area contributed by atoms with E-state index in [0.717, 1.165) is 35.9 Å². The summed E-state index contributed by atoms with van der Waals surface area (Å²) in [5.41, 5.74) is 2.72. The summed E-state index contributed by atoms with van der Waals surface area (Å²) in [5, 5.41) is -0.293. The van der Waals surface area contributed by atoms with Crippen LogP contribution in [-0.2, 0) is 32.5 Å². The Morgan fingerprint density at radius 2 is 1.79 bits per heavy atom. The Hall–Kier alpha value is -3.27. The Kier molecular flexibility index (Phi) is 6.97. The van der Waals surface area contributed by atoms with Gasteiger partial charge in [-0.3, -0.25) is 4.79 Å². The van der Waals surface area contributed by atoms with Crippen molar-refractivity contribution in [2.24, 2.45) is 0 Å². The lowest BCUT2D eigenvalue weighted by molar-refractivity contribution is -0.121. The number of carbonyl (C=O) groups is 2. The number of amides is 1. The van der Waals surface area contributed by atoms with E-state index in [1.807, 2.05) is 24.3 Å². The molecule has 0 aliphatic carbocycles. The van der Waals surface area contributed by atoms with Gasteiger partial charge in [-0.25, -0.2) is 22.3 Å². The molecule has 0 fully saturated rings. The maximum atomic E-state index is 13.3. The Balaban J connectivity index is 1.31. The van der Waals surface area contributed by atoms with Crippen LogP contribution in [0.1, 0.15) is 21.5 Å². The van der Waals surface area contributed by atoms with Crippen LogP contribution in [0.25, 0.3) is 0 Å². The number of nitrogens with one attached hydrogen (secondary N) is 1. The highest BCUT2D eigenvalue weighted by Gasteiger charge is 2.25. The maximum absolute atomic E-state index is 13.3. The van der Waals surface area contributed by atoms with E-state index in [9.17, 15) is 22.4 Å². The average Bonchev–Trinajstić information content (AvgIpc) is 3.27. The number of hydrogen-bond acceptors (Lipinski definition) is 5. The van der Waals surface area contributed by atoms with Crippen LogP contribution in [0.2, 0.25) is 5.02 Å². The van der Waals surface area contributed by atoms with Gasteiger partial charge in [0.2, 0.25) is 10.0 Å². The van der Waals surface area contributed by atoms with Gasteiger partial charge in [-0.1, -0.05) is 41.9 Å². The summed E-state index contributed by atoms with van der Waals surface area (Å²) in [6.07, 6.45) is 0.759. The van der Waals surface area contributed by atoms with Gasteiger partial charge in [0.1, 0.15) is 5.82 Å². The summed E-state index contributed by atoms with van der Waals surface area (Å²) in [7, 11) is -3.91. The van der Waals surface area contributed by atoms with Crippen LogP contribution in [-0.4, -0.2) is 33.4 Å². The molecule has 0 saturated carbocycles. The highest BCUT2D eigenvalue weighted by Crippen LogP contribution is 2.27. The molecule has 0 unspecified atom stereocenters. The summed E-state index contributed by atoms with van der Waals surface area (Å²) in [5.74, 6) is -1.67. The first-order chi connectivity index (χ1) is 16.2. The molecule has 1 amide bonds. The fourth-order valence-corrected chi connectivity index (χ4v) is 4.84. The molecule has 1 aliphatic heterocycles. The highest BCUT2D eigenvalue weighted by atomic mass is 35.5. The number of esters is 1. The number of benzene rings is 3. The summed E-state index contributed by atoms with van der Waals surface area (Å²) in [6.45, 7) is 0.110. The monoisotopic (exact) mass is 502 g/mol. The fourth-order valence-electron chi connectivity index (χ4n) is 3.55. The summed E-state index contributed by atoms with van der Waals surface area (Å²) < 4.78 is 45.6. The number of nitrogens with zero attached hydrogens (tertiary/aromatic N) is 1. The number of hydrogen-bond donors (Lipinski definition) is 1. The molecule has 0 bridgehead atoms. The van der Waals surface area contributed by atoms with Crippen LogP contribution in [0.5, 0.6) is 0 Å². The second kappa shape index (κ2) is 9.92. The van der Waals surface area contributed by atoms with Crippen molar-refractivity contribution < 1.29 is 27.1 Å². The lowest BCUT2D eigenvalue weighted by atomic mass is 10.1. The molecule has 10 heteroatoms.